The van der Waals surface area contributed by atoms with Crippen molar-refractivity contribution in [2.75, 3.05) is 5.73 Å². The zero-order valence-electron chi connectivity index (χ0n) is 14.0. The number of hydrogen-bond acceptors (Lipinski definition) is 4. The van der Waals surface area contributed by atoms with Gasteiger partial charge in [0.2, 0.25) is 5.95 Å². The number of nitrogens with two attached hydrogens (primary N) is 1. The van der Waals surface area contributed by atoms with Gasteiger partial charge in [-0.2, -0.15) is 0 Å². The molecule has 0 atom stereocenters. The van der Waals surface area contributed by atoms with Crippen LogP contribution in [-0.4, -0.2) is 14.8 Å². The first-order valence-electron chi connectivity index (χ1n) is 8.24. The van der Waals surface area contributed by atoms with Gasteiger partial charge in [0.1, 0.15) is 0 Å². The summed E-state index contributed by atoms with van der Waals surface area (Å²) in [5, 5.41) is 12.3. The van der Waals surface area contributed by atoms with Gasteiger partial charge in [0, 0.05) is 10.8 Å². The van der Waals surface area contributed by atoms with Crippen molar-refractivity contribution < 1.29 is 0 Å². The van der Waals surface area contributed by atoms with E-state index in [1.807, 2.05) is 34.9 Å². The van der Waals surface area contributed by atoms with Crippen LogP contribution in [0.5, 0.6) is 0 Å². The Morgan fingerprint density at radius 1 is 0.885 bits per heavy atom. The van der Waals surface area contributed by atoms with Crippen LogP contribution < -0.4 is 5.73 Å². The second-order valence-corrected chi connectivity index (χ2v) is 7.29. The van der Waals surface area contributed by atoms with Crippen molar-refractivity contribution >= 4 is 40.1 Å². The molecule has 0 saturated carbocycles. The molecule has 0 amide bonds. The zero-order valence-corrected chi connectivity index (χ0v) is 15.5. The van der Waals surface area contributed by atoms with Gasteiger partial charge in [-0.25, -0.2) is 0 Å². The minimum atomic E-state index is 0.416. The van der Waals surface area contributed by atoms with E-state index >= 15 is 0 Å². The van der Waals surface area contributed by atoms with Crippen LogP contribution in [-0.2, 0) is 12.3 Å². The normalized spacial score (nSPS) is 11.1. The number of fused-ring (bicyclic) bond motifs is 1. The van der Waals surface area contributed by atoms with Crippen LogP contribution >= 0.6 is 23.4 Å². The fourth-order valence-corrected chi connectivity index (χ4v) is 4.14. The molecule has 0 bridgehead atoms. The molecule has 6 heteroatoms. The molecule has 3 aromatic carbocycles. The summed E-state index contributed by atoms with van der Waals surface area (Å²) in [5.74, 6) is 1.13. The second kappa shape index (κ2) is 7.40. The lowest BCUT2D eigenvalue weighted by molar-refractivity contribution is 0.720. The van der Waals surface area contributed by atoms with Crippen molar-refractivity contribution in [3.8, 4) is 0 Å². The average molecular weight is 381 g/mol. The Hall–Kier alpha value is -2.50. The van der Waals surface area contributed by atoms with Crippen LogP contribution in [0, 0.1) is 0 Å². The van der Waals surface area contributed by atoms with E-state index in [4.69, 9.17) is 17.3 Å². The first-order chi connectivity index (χ1) is 12.7. The lowest BCUT2D eigenvalue weighted by Gasteiger charge is -2.11. The Labute approximate surface area is 161 Å². The van der Waals surface area contributed by atoms with Gasteiger partial charge in [0.15, 0.2) is 5.16 Å². The number of nitrogen functional groups attached to an aromatic ring is 1. The zero-order chi connectivity index (χ0) is 17.9. The Morgan fingerprint density at radius 3 is 2.50 bits per heavy atom. The number of nitrogens with zero attached hydrogens (tertiary/aromatic N) is 3. The first kappa shape index (κ1) is 16.9. The van der Waals surface area contributed by atoms with E-state index < -0.39 is 0 Å². The maximum atomic E-state index is 6.25. The summed E-state index contributed by atoms with van der Waals surface area (Å²) in [7, 11) is 0. The molecule has 4 aromatic rings. The summed E-state index contributed by atoms with van der Waals surface area (Å²) >= 11 is 7.83. The van der Waals surface area contributed by atoms with E-state index in [-0.39, 0.29) is 0 Å². The maximum Gasteiger partial charge on any atom is 0.223 e. The van der Waals surface area contributed by atoms with E-state index in [2.05, 4.69) is 46.6 Å². The van der Waals surface area contributed by atoms with Crippen molar-refractivity contribution in [3.05, 3.63) is 82.9 Å². The van der Waals surface area contributed by atoms with Crippen LogP contribution in [0.4, 0.5) is 5.95 Å². The highest BCUT2D eigenvalue weighted by Crippen LogP contribution is 2.28. The number of aromatic nitrogens is 3. The molecule has 0 radical (unpaired) electrons. The molecule has 0 aliphatic heterocycles. The van der Waals surface area contributed by atoms with Gasteiger partial charge < -0.3 is 5.73 Å². The fourth-order valence-electron chi connectivity index (χ4n) is 2.91. The molecule has 130 valence electrons. The highest BCUT2D eigenvalue weighted by molar-refractivity contribution is 7.98. The van der Waals surface area contributed by atoms with Crippen LogP contribution in [0.1, 0.15) is 11.1 Å². The van der Waals surface area contributed by atoms with Crippen molar-refractivity contribution in [1.82, 2.24) is 14.8 Å². The second-order valence-electron chi connectivity index (χ2n) is 5.95. The smallest absolute Gasteiger partial charge is 0.223 e. The number of rotatable bonds is 5. The summed E-state index contributed by atoms with van der Waals surface area (Å²) in [6, 6.07) is 22.5. The summed E-state index contributed by atoms with van der Waals surface area (Å²) in [6.45, 7) is 0.630. The van der Waals surface area contributed by atoms with Gasteiger partial charge in [-0.15, -0.1) is 10.2 Å². The highest BCUT2D eigenvalue weighted by Gasteiger charge is 2.13. The Morgan fingerprint density at radius 2 is 1.62 bits per heavy atom. The predicted molar refractivity (Wildman–Crippen MR) is 108 cm³/mol. The molecule has 0 unspecified atom stereocenters. The van der Waals surface area contributed by atoms with Gasteiger partial charge in [-0.1, -0.05) is 84.0 Å². The quantitative estimate of drug-likeness (QED) is 0.494. The summed E-state index contributed by atoms with van der Waals surface area (Å²) in [5.41, 5.74) is 8.34. The topological polar surface area (TPSA) is 56.7 Å². The van der Waals surface area contributed by atoms with E-state index in [9.17, 15) is 0 Å². The van der Waals surface area contributed by atoms with Crippen LogP contribution in [0.3, 0.4) is 0 Å². The molecule has 4 nitrogen and oxygen atoms in total. The molecule has 0 saturated heterocycles. The highest BCUT2D eigenvalue weighted by atomic mass is 35.5. The molecule has 26 heavy (non-hydrogen) atoms. The van der Waals surface area contributed by atoms with Gasteiger partial charge in [-0.3, -0.25) is 4.57 Å². The third-order valence-corrected chi connectivity index (χ3v) is 5.65. The number of halogens is 1. The summed E-state index contributed by atoms with van der Waals surface area (Å²) in [4.78, 5) is 0. The molecular weight excluding hydrogens is 364 g/mol. The number of anilines is 1. The molecule has 0 aliphatic carbocycles. The maximum absolute atomic E-state index is 6.25. The first-order valence-corrected chi connectivity index (χ1v) is 9.60. The Balaban J connectivity index is 1.61. The van der Waals surface area contributed by atoms with Crippen molar-refractivity contribution in [2.24, 2.45) is 0 Å². The number of thioether (sulfide) groups is 1. The average Bonchev–Trinajstić information content (AvgIpc) is 3.01. The molecule has 0 spiro atoms. The van der Waals surface area contributed by atoms with Crippen molar-refractivity contribution in [2.45, 2.75) is 17.5 Å². The third-order valence-electron chi connectivity index (χ3n) is 4.27. The molecule has 0 fully saturated rings. The minimum absolute atomic E-state index is 0.416. The fraction of sp³-hybridized carbons (Fsp3) is 0.100. The van der Waals surface area contributed by atoms with Gasteiger partial charge in [0.05, 0.1) is 6.54 Å². The Bertz CT molecular complexity index is 1060. The molecule has 1 heterocycles. The van der Waals surface area contributed by atoms with E-state index in [0.29, 0.717) is 18.2 Å². The van der Waals surface area contributed by atoms with Gasteiger partial charge in [0.25, 0.3) is 0 Å². The lowest BCUT2D eigenvalue weighted by Crippen LogP contribution is -2.06. The number of benzene rings is 3. The molecule has 0 aliphatic rings. The monoisotopic (exact) mass is 380 g/mol. The molecule has 2 N–H and O–H groups in total. The summed E-state index contributed by atoms with van der Waals surface area (Å²) in [6.07, 6.45) is 0. The van der Waals surface area contributed by atoms with Crippen LogP contribution in [0.2, 0.25) is 5.02 Å². The minimum Gasteiger partial charge on any atom is -0.368 e. The van der Waals surface area contributed by atoms with E-state index in [0.717, 1.165) is 15.7 Å². The van der Waals surface area contributed by atoms with Crippen molar-refractivity contribution in [3.63, 3.8) is 0 Å². The molecular formula is C20H17ClN4S. The molecule has 1 aromatic heterocycles. The van der Waals surface area contributed by atoms with E-state index in [1.165, 1.54) is 16.3 Å². The predicted octanol–water partition coefficient (Wildman–Crippen LogP) is 5.01. The van der Waals surface area contributed by atoms with Gasteiger partial charge >= 0.3 is 0 Å². The Kier molecular flexibility index (Phi) is 4.82. The largest absolute Gasteiger partial charge is 0.368 e. The molecule has 4 rings (SSSR count). The van der Waals surface area contributed by atoms with Crippen LogP contribution in [0.25, 0.3) is 10.8 Å². The van der Waals surface area contributed by atoms with Crippen LogP contribution in [0.15, 0.2) is 71.9 Å². The third kappa shape index (κ3) is 3.41. The SMILES string of the molecule is Nc1nnc(SCc2ccccc2Cl)n1Cc1cccc2ccccc12. The standard InChI is InChI=1S/C20H17ClN4S/c21-18-11-4-2-7-16(18)13-26-20-24-23-19(22)25(20)12-15-9-5-8-14-6-1-3-10-17(14)15/h1-11H,12-13H2,(H2,22,23). The lowest BCUT2D eigenvalue weighted by atomic mass is 10.0. The van der Waals surface area contributed by atoms with Crippen molar-refractivity contribution in [1.29, 1.82) is 0 Å². The number of hydrogen-bond donors (Lipinski definition) is 1. The summed E-state index contributed by atoms with van der Waals surface area (Å²) < 4.78 is 1.95. The van der Waals surface area contributed by atoms with E-state index in [1.54, 1.807) is 11.8 Å². The van der Waals surface area contributed by atoms with Gasteiger partial charge in [-0.05, 0) is 28.0 Å².